The van der Waals surface area contributed by atoms with Crippen LogP contribution in [-0.4, -0.2) is 54.5 Å². The first-order valence-corrected chi connectivity index (χ1v) is 21.1. The first-order chi connectivity index (χ1) is 24.8. The molecular weight excluding hydrogens is 665 g/mol. The molecule has 51 heavy (non-hydrogen) atoms. The van der Waals surface area contributed by atoms with E-state index in [2.05, 4.69) is 32.1 Å². The number of carbonyl (C=O) groups is 1. The molecule has 0 aliphatic rings. The van der Waals surface area contributed by atoms with Gasteiger partial charge in [0.1, 0.15) is 6.61 Å². The van der Waals surface area contributed by atoms with Crippen LogP contribution < -0.4 is 5.73 Å². The second kappa shape index (κ2) is 37.5. The Labute approximate surface area is 310 Å². The third-order valence-corrected chi connectivity index (χ3v) is 8.79. The summed E-state index contributed by atoms with van der Waals surface area (Å²) >= 11 is 0. The van der Waals surface area contributed by atoms with Crippen LogP contribution in [-0.2, 0) is 27.9 Å². The number of allylic oxidation sites excluding steroid dienone is 9. The molecule has 3 atom stereocenters. The number of unbranched alkanes of at least 4 members (excludes halogenated alkanes) is 13. The number of aliphatic hydroxyl groups is 1. The van der Waals surface area contributed by atoms with E-state index in [1.807, 2.05) is 42.5 Å². The first-order valence-electron chi connectivity index (χ1n) is 19.6. The molecule has 0 radical (unpaired) electrons. The lowest BCUT2D eigenvalue weighted by atomic mass is 10.0. The van der Waals surface area contributed by atoms with Crippen molar-refractivity contribution in [2.24, 2.45) is 5.73 Å². The maximum Gasteiger partial charge on any atom is 0.472 e. The van der Waals surface area contributed by atoms with Gasteiger partial charge in [0.05, 0.1) is 25.6 Å². The highest BCUT2D eigenvalue weighted by Crippen LogP contribution is 2.43. The van der Waals surface area contributed by atoms with Crippen molar-refractivity contribution >= 4 is 13.8 Å². The van der Waals surface area contributed by atoms with Gasteiger partial charge in [0.15, 0.2) is 6.10 Å². The Morgan fingerprint density at radius 2 is 1.35 bits per heavy atom. The third-order valence-electron chi connectivity index (χ3n) is 7.81. The fraction of sp³-hybridized carbons (Fsp3) is 0.683. The number of hydrogen-bond donors (Lipinski definition) is 3. The summed E-state index contributed by atoms with van der Waals surface area (Å²) in [5.74, 6) is -0.375. The predicted octanol–water partition coefficient (Wildman–Crippen LogP) is 10.5. The van der Waals surface area contributed by atoms with Crippen molar-refractivity contribution in [2.45, 2.75) is 154 Å². The molecular formula is C41H72NO8P. The molecule has 0 aliphatic carbocycles. The molecule has 0 aromatic carbocycles. The van der Waals surface area contributed by atoms with Crippen molar-refractivity contribution < 1.29 is 37.9 Å². The van der Waals surface area contributed by atoms with Gasteiger partial charge in [-0.2, -0.15) is 0 Å². The molecule has 0 aromatic rings. The highest BCUT2D eigenvalue weighted by molar-refractivity contribution is 7.47. The number of ether oxygens (including phenoxy) is 2. The molecule has 2 unspecified atom stereocenters. The van der Waals surface area contributed by atoms with Crippen LogP contribution >= 0.6 is 7.82 Å². The standard InChI is InChI=1S/C41H72NO8P/c1-3-5-7-9-11-12-13-14-15-16-19-22-26-30-35-47-40(38-50-51(45,46)49-36-34-42)37-48-41(44)33-29-25-21-18-17-20-24-28-32-39(43)31-27-23-10-8-6-4-2/h6,8,18,20-21,23-24,27-28,30,32,35,39-40,43H,3-5,7,9-17,19,22,25-26,29,31,33-34,36-38,42H2,1-2H3,(H,45,46)/b8-6-,21-18-,24-20-,27-23-,32-28+,35-30+/t39?,40-/m1/s1. The summed E-state index contributed by atoms with van der Waals surface area (Å²) in [6, 6.07) is 0. The Balaban J connectivity index is 4.31. The fourth-order valence-corrected chi connectivity index (χ4v) is 5.63. The molecule has 294 valence electrons. The summed E-state index contributed by atoms with van der Waals surface area (Å²) in [5.41, 5.74) is 5.34. The Hall–Kier alpha value is -2.26. The Kier molecular flexibility index (Phi) is 35.8. The molecule has 10 heteroatoms. The van der Waals surface area contributed by atoms with Crippen molar-refractivity contribution in [2.75, 3.05) is 26.4 Å². The van der Waals surface area contributed by atoms with Crippen molar-refractivity contribution in [3.63, 3.8) is 0 Å². The van der Waals surface area contributed by atoms with E-state index in [4.69, 9.17) is 24.3 Å². The van der Waals surface area contributed by atoms with E-state index in [1.54, 1.807) is 12.3 Å². The van der Waals surface area contributed by atoms with Crippen LogP contribution in [0.2, 0.25) is 0 Å². The maximum atomic E-state index is 12.3. The zero-order chi connectivity index (χ0) is 37.5. The minimum atomic E-state index is -4.29. The van der Waals surface area contributed by atoms with Crippen LogP contribution in [0.25, 0.3) is 0 Å². The van der Waals surface area contributed by atoms with Crippen LogP contribution in [0.4, 0.5) is 0 Å². The third kappa shape index (κ3) is 37.3. The normalized spacial score (nSPS) is 14.9. The predicted molar refractivity (Wildman–Crippen MR) is 211 cm³/mol. The summed E-state index contributed by atoms with van der Waals surface area (Å²) in [6.07, 6.45) is 43.4. The van der Waals surface area contributed by atoms with E-state index in [0.29, 0.717) is 12.8 Å². The van der Waals surface area contributed by atoms with Gasteiger partial charge in [0, 0.05) is 13.0 Å². The van der Waals surface area contributed by atoms with Crippen LogP contribution in [0.1, 0.15) is 142 Å². The topological polar surface area (TPSA) is 138 Å². The van der Waals surface area contributed by atoms with Gasteiger partial charge in [-0.3, -0.25) is 13.8 Å². The first kappa shape index (κ1) is 48.7. The van der Waals surface area contributed by atoms with Crippen LogP contribution in [0.5, 0.6) is 0 Å². The zero-order valence-electron chi connectivity index (χ0n) is 31.9. The highest BCUT2D eigenvalue weighted by atomic mass is 31.2. The molecule has 0 saturated heterocycles. The summed E-state index contributed by atoms with van der Waals surface area (Å²) in [7, 11) is -4.29. The summed E-state index contributed by atoms with van der Waals surface area (Å²) in [4.78, 5) is 22.2. The average molecular weight is 738 g/mol. The molecule has 0 aromatic heterocycles. The van der Waals surface area contributed by atoms with Gasteiger partial charge < -0.3 is 25.2 Å². The van der Waals surface area contributed by atoms with Crippen molar-refractivity contribution in [3.05, 3.63) is 73.1 Å². The molecule has 9 nitrogen and oxygen atoms in total. The Morgan fingerprint density at radius 1 is 0.725 bits per heavy atom. The van der Waals surface area contributed by atoms with Gasteiger partial charge in [-0.25, -0.2) is 4.57 Å². The molecule has 0 rings (SSSR count). The van der Waals surface area contributed by atoms with E-state index in [-0.39, 0.29) is 38.8 Å². The molecule has 0 heterocycles. The summed E-state index contributed by atoms with van der Waals surface area (Å²) in [6.45, 7) is 3.92. The number of hydrogen-bond acceptors (Lipinski definition) is 8. The van der Waals surface area contributed by atoms with Gasteiger partial charge >= 0.3 is 13.8 Å². The van der Waals surface area contributed by atoms with Crippen LogP contribution in [0.15, 0.2) is 73.1 Å². The summed E-state index contributed by atoms with van der Waals surface area (Å²) < 4.78 is 33.0. The van der Waals surface area contributed by atoms with Crippen molar-refractivity contribution in [3.8, 4) is 0 Å². The minimum Gasteiger partial charge on any atom is -0.492 e. The van der Waals surface area contributed by atoms with Crippen molar-refractivity contribution in [1.29, 1.82) is 0 Å². The number of nitrogens with two attached hydrogens (primary N) is 1. The number of aliphatic hydroxyl groups excluding tert-OH is 1. The quantitative estimate of drug-likeness (QED) is 0.0143. The van der Waals surface area contributed by atoms with Gasteiger partial charge in [-0.05, 0) is 57.4 Å². The molecule has 0 spiro atoms. The minimum absolute atomic E-state index is 0.0810. The van der Waals surface area contributed by atoms with Gasteiger partial charge in [-0.1, -0.05) is 145 Å². The SMILES string of the molecule is CC/C=C\C/C=C\CC(O)/C=C/C=C\C/C=C\CCCC(=O)OC[C@H](COP(=O)(O)OCCN)O/C=C/CCCCCCCCCCCCCC. The van der Waals surface area contributed by atoms with Crippen LogP contribution in [0.3, 0.4) is 0 Å². The Bertz CT molecular complexity index is 1020. The summed E-state index contributed by atoms with van der Waals surface area (Å²) in [5, 5.41) is 9.99. The molecule has 0 bridgehead atoms. The van der Waals surface area contributed by atoms with E-state index in [0.717, 1.165) is 38.5 Å². The van der Waals surface area contributed by atoms with Gasteiger partial charge in [0.25, 0.3) is 0 Å². The molecule has 0 amide bonds. The molecule has 0 aliphatic heterocycles. The van der Waals surface area contributed by atoms with Crippen molar-refractivity contribution in [1.82, 2.24) is 0 Å². The van der Waals surface area contributed by atoms with E-state index in [9.17, 15) is 19.4 Å². The number of esters is 1. The number of carbonyl (C=O) groups excluding carboxylic acids is 1. The monoisotopic (exact) mass is 737 g/mol. The second-order valence-electron chi connectivity index (χ2n) is 12.7. The van der Waals surface area contributed by atoms with Gasteiger partial charge in [-0.15, -0.1) is 0 Å². The number of phosphoric acid groups is 1. The average Bonchev–Trinajstić information content (AvgIpc) is 3.12. The molecule has 0 saturated carbocycles. The smallest absolute Gasteiger partial charge is 0.472 e. The largest absolute Gasteiger partial charge is 0.492 e. The highest BCUT2D eigenvalue weighted by Gasteiger charge is 2.24. The fourth-order valence-electron chi connectivity index (χ4n) is 4.86. The second-order valence-corrected chi connectivity index (χ2v) is 14.1. The zero-order valence-corrected chi connectivity index (χ0v) is 32.8. The number of phosphoric ester groups is 1. The van der Waals surface area contributed by atoms with Crippen LogP contribution in [0, 0.1) is 0 Å². The molecule has 0 fully saturated rings. The lowest BCUT2D eigenvalue weighted by Crippen LogP contribution is -2.25. The number of rotatable bonds is 36. The van der Waals surface area contributed by atoms with Gasteiger partial charge in [0.2, 0.25) is 0 Å². The Morgan fingerprint density at radius 3 is 2.04 bits per heavy atom. The lowest BCUT2D eigenvalue weighted by Gasteiger charge is -2.19. The van der Waals surface area contributed by atoms with E-state index < -0.39 is 20.0 Å². The molecule has 4 N–H and O–H groups in total. The van der Waals surface area contributed by atoms with E-state index in [1.165, 1.54) is 70.6 Å². The van der Waals surface area contributed by atoms with E-state index >= 15 is 0 Å². The lowest BCUT2D eigenvalue weighted by molar-refractivity contribution is -0.147. The maximum absolute atomic E-state index is 12.3.